The van der Waals surface area contributed by atoms with E-state index in [1.54, 1.807) is 18.3 Å². The van der Waals surface area contributed by atoms with Crippen molar-refractivity contribution in [3.05, 3.63) is 78.0 Å². The normalized spacial score (nSPS) is 14.0. The van der Waals surface area contributed by atoms with E-state index in [0.717, 1.165) is 24.5 Å². The lowest BCUT2D eigenvalue weighted by molar-refractivity contribution is 0.0745. The number of hydrogen-bond acceptors (Lipinski definition) is 6. The number of benzene rings is 1. The SMILES string of the molecule is O=C(c1cnc(NCc2ccc(F)cc2)nc1)N1CCN(c2ccccn2)CC1. The van der Waals surface area contributed by atoms with E-state index in [-0.39, 0.29) is 11.7 Å². The van der Waals surface area contributed by atoms with Gasteiger partial charge in [-0.15, -0.1) is 0 Å². The summed E-state index contributed by atoms with van der Waals surface area (Å²) in [6.45, 7) is 3.20. The molecule has 8 heteroatoms. The highest BCUT2D eigenvalue weighted by Gasteiger charge is 2.23. The smallest absolute Gasteiger partial charge is 0.257 e. The zero-order chi connectivity index (χ0) is 20.1. The molecule has 1 fully saturated rings. The number of piperazine rings is 1. The summed E-state index contributed by atoms with van der Waals surface area (Å²) in [7, 11) is 0. The molecule has 3 aromatic rings. The Kier molecular flexibility index (Phi) is 5.60. The highest BCUT2D eigenvalue weighted by atomic mass is 19.1. The van der Waals surface area contributed by atoms with Crippen molar-refractivity contribution < 1.29 is 9.18 Å². The molecule has 0 radical (unpaired) electrons. The molecule has 1 amide bonds. The summed E-state index contributed by atoms with van der Waals surface area (Å²) in [6.07, 6.45) is 4.84. The molecule has 1 N–H and O–H groups in total. The summed E-state index contributed by atoms with van der Waals surface area (Å²) in [6, 6.07) is 12.0. The van der Waals surface area contributed by atoms with Crippen molar-refractivity contribution in [2.75, 3.05) is 36.4 Å². The Morgan fingerprint density at radius 3 is 2.34 bits per heavy atom. The van der Waals surface area contributed by atoms with Gasteiger partial charge < -0.3 is 15.1 Å². The number of carbonyl (C=O) groups excluding carboxylic acids is 1. The molecule has 29 heavy (non-hydrogen) atoms. The first-order valence-electron chi connectivity index (χ1n) is 9.45. The highest BCUT2D eigenvalue weighted by Crippen LogP contribution is 2.14. The van der Waals surface area contributed by atoms with Gasteiger partial charge in [-0.1, -0.05) is 18.2 Å². The van der Waals surface area contributed by atoms with Crippen molar-refractivity contribution in [3.63, 3.8) is 0 Å². The van der Waals surface area contributed by atoms with Crippen LogP contribution in [0.1, 0.15) is 15.9 Å². The zero-order valence-corrected chi connectivity index (χ0v) is 15.8. The molecule has 0 saturated carbocycles. The number of aromatic nitrogens is 3. The Hall–Kier alpha value is -3.55. The molecular formula is C21H21FN6O. The van der Waals surface area contributed by atoms with Crippen LogP contribution in [-0.4, -0.2) is 51.9 Å². The van der Waals surface area contributed by atoms with Crippen LogP contribution in [0.15, 0.2) is 61.1 Å². The molecular weight excluding hydrogens is 371 g/mol. The van der Waals surface area contributed by atoms with E-state index >= 15 is 0 Å². The summed E-state index contributed by atoms with van der Waals surface area (Å²) in [5.74, 6) is 1.01. The van der Waals surface area contributed by atoms with Gasteiger partial charge in [-0.2, -0.15) is 0 Å². The van der Waals surface area contributed by atoms with Crippen molar-refractivity contribution >= 4 is 17.7 Å². The number of amides is 1. The third-order valence-corrected chi connectivity index (χ3v) is 4.80. The predicted octanol–water partition coefficient (Wildman–Crippen LogP) is 2.59. The van der Waals surface area contributed by atoms with Gasteiger partial charge in [-0.25, -0.2) is 19.3 Å². The highest BCUT2D eigenvalue weighted by molar-refractivity contribution is 5.93. The Balaban J connectivity index is 1.31. The maximum atomic E-state index is 12.9. The molecule has 0 spiro atoms. The van der Waals surface area contributed by atoms with E-state index in [2.05, 4.69) is 25.2 Å². The van der Waals surface area contributed by atoms with Gasteiger partial charge in [0.05, 0.1) is 5.56 Å². The van der Waals surface area contributed by atoms with Gasteiger partial charge in [0.1, 0.15) is 11.6 Å². The second-order valence-corrected chi connectivity index (χ2v) is 6.74. The maximum Gasteiger partial charge on any atom is 0.257 e. The van der Waals surface area contributed by atoms with Gasteiger partial charge >= 0.3 is 0 Å². The third kappa shape index (κ3) is 4.66. The molecule has 1 aliphatic heterocycles. The molecule has 2 aromatic heterocycles. The Morgan fingerprint density at radius 2 is 1.69 bits per heavy atom. The molecule has 7 nitrogen and oxygen atoms in total. The van der Waals surface area contributed by atoms with Crippen molar-refractivity contribution in [2.24, 2.45) is 0 Å². The third-order valence-electron chi connectivity index (χ3n) is 4.80. The molecule has 1 saturated heterocycles. The maximum absolute atomic E-state index is 12.9. The van der Waals surface area contributed by atoms with Crippen LogP contribution in [0.3, 0.4) is 0 Å². The lowest BCUT2D eigenvalue weighted by Gasteiger charge is -2.35. The summed E-state index contributed by atoms with van der Waals surface area (Å²) in [5.41, 5.74) is 1.38. The second-order valence-electron chi connectivity index (χ2n) is 6.74. The van der Waals surface area contributed by atoms with Gasteiger partial charge in [0.2, 0.25) is 5.95 Å². The standard InChI is InChI=1S/C21H21FN6O/c22-18-6-4-16(5-7-18)13-24-21-25-14-17(15-26-21)20(29)28-11-9-27(10-12-28)19-3-1-2-8-23-19/h1-8,14-15H,9-13H2,(H,24,25,26). The Bertz CT molecular complexity index is 941. The van der Waals surface area contributed by atoms with Gasteiger partial charge in [-0.3, -0.25) is 4.79 Å². The first kappa shape index (κ1) is 18.8. The van der Waals surface area contributed by atoms with E-state index in [0.29, 0.717) is 31.1 Å². The minimum atomic E-state index is -0.270. The van der Waals surface area contributed by atoms with Crippen molar-refractivity contribution in [1.29, 1.82) is 0 Å². The first-order chi connectivity index (χ1) is 14.2. The quantitative estimate of drug-likeness (QED) is 0.720. The van der Waals surface area contributed by atoms with Crippen LogP contribution in [0.5, 0.6) is 0 Å². The molecule has 0 atom stereocenters. The van der Waals surface area contributed by atoms with Crippen molar-refractivity contribution in [3.8, 4) is 0 Å². The van der Waals surface area contributed by atoms with Gasteiger partial charge in [0, 0.05) is 51.3 Å². The van der Waals surface area contributed by atoms with E-state index < -0.39 is 0 Å². The summed E-state index contributed by atoms with van der Waals surface area (Å²) in [4.78, 5) is 29.5. The topological polar surface area (TPSA) is 74.2 Å². The average Bonchev–Trinajstić information content (AvgIpc) is 2.79. The average molecular weight is 392 g/mol. The van der Waals surface area contributed by atoms with Crippen LogP contribution in [0.4, 0.5) is 16.2 Å². The predicted molar refractivity (Wildman–Crippen MR) is 108 cm³/mol. The lowest BCUT2D eigenvalue weighted by Crippen LogP contribution is -2.49. The molecule has 1 aliphatic rings. The molecule has 0 bridgehead atoms. The number of anilines is 2. The molecule has 148 valence electrons. The summed E-state index contributed by atoms with van der Waals surface area (Å²) in [5, 5.41) is 3.07. The molecule has 1 aromatic carbocycles. The minimum Gasteiger partial charge on any atom is -0.353 e. The van der Waals surface area contributed by atoms with Crippen LogP contribution < -0.4 is 10.2 Å². The number of nitrogens with zero attached hydrogens (tertiary/aromatic N) is 5. The molecule has 3 heterocycles. The fourth-order valence-corrected chi connectivity index (χ4v) is 3.18. The van der Waals surface area contributed by atoms with E-state index in [9.17, 15) is 9.18 Å². The lowest BCUT2D eigenvalue weighted by atomic mass is 10.2. The molecule has 4 rings (SSSR count). The van der Waals surface area contributed by atoms with Crippen LogP contribution in [0, 0.1) is 5.82 Å². The number of carbonyl (C=O) groups is 1. The fourth-order valence-electron chi connectivity index (χ4n) is 3.18. The molecule has 0 unspecified atom stereocenters. The van der Waals surface area contributed by atoms with E-state index in [4.69, 9.17) is 0 Å². The van der Waals surface area contributed by atoms with Gasteiger partial charge in [-0.05, 0) is 29.8 Å². The van der Waals surface area contributed by atoms with E-state index in [1.165, 1.54) is 24.5 Å². The molecule has 0 aliphatic carbocycles. The van der Waals surface area contributed by atoms with Crippen LogP contribution in [0.2, 0.25) is 0 Å². The number of hydrogen-bond donors (Lipinski definition) is 1. The summed E-state index contributed by atoms with van der Waals surface area (Å²) < 4.78 is 12.9. The van der Waals surface area contributed by atoms with Crippen LogP contribution in [-0.2, 0) is 6.54 Å². The summed E-state index contributed by atoms with van der Waals surface area (Å²) >= 11 is 0. The minimum absolute atomic E-state index is 0.0734. The zero-order valence-electron chi connectivity index (χ0n) is 15.8. The van der Waals surface area contributed by atoms with Crippen molar-refractivity contribution in [2.45, 2.75) is 6.54 Å². The Morgan fingerprint density at radius 1 is 0.966 bits per heavy atom. The number of halogens is 1. The van der Waals surface area contributed by atoms with Crippen LogP contribution >= 0.6 is 0 Å². The first-order valence-corrected chi connectivity index (χ1v) is 9.45. The monoisotopic (exact) mass is 392 g/mol. The van der Waals surface area contributed by atoms with E-state index in [1.807, 2.05) is 23.1 Å². The number of nitrogens with one attached hydrogen (secondary N) is 1. The second kappa shape index (κ2) is 8.64. The van der Waals surface area contributed by atoms with Crippen molar-refractivity contribution in [1.82, 2.24) is 19.9 Å². The van der Waals surface area contributed by atoms with Crippen LogP contribution in [0.25, 0.3) is 0 Å². The number of pyridine rings is 1. The van der Waals surface area contributed by atoms with Gasteiger partial charge in [0.15, 0.2) is 0 Å². The Labute approximate surface area is 168 Å². The van der Waals surface area contributed by atoms with Gasteiger partial charge in [0.25, 0.3) is 5.91 Å². The largest absolute Gasteiger partial charge is 0.353 e. The number of rotatable bonds is 5. The fraction of sp³-hybridized carbons (Fsp3) is 0.238.